The van der Waals surface area contributed by atoms with Gasteiger partial charge in [-0.1, -0.05) is 6.42 Å². The number of fused-ring (bicyclic) bond motifs is 1. The highest BCUT2D eigenvalue weighted by Crippen LogP contribution is 2.27. The van der Waals surface area contributed by atoms with Gasteiger partial charge in [-0.15, -0.1) is 0 Å². The number of hydrogen-bond donors (Lipinski definition) is 1. The van der Waals surface area contributed by atoms with Crippen LogP contribution in [0, 0.1) is 0 Å². The molecule has 2 N–H and O–H groups in total. The minimum absolute atomic E-state index is 0.122. The number of nitrogens with zero attached hydrogens (tertiary/aromatic N) is 1. The fourth-order valence-corrected chi connectivity index (χ4v) is 2.26. The zero-order valence-electron chi connectivity index (χ0n) is 9.61. The van der Waals surface area contributed by atoms with Crippen molar-refractivity contribution in [1.82, 2.24) is 4.57 Å². The Hall–Kier alpha value is -1.29. The fourth-order valence-electron chi connectivity index (χ4n) is 2.26. The maximum absolute atomic E-state index is 11.2. The second-order valence-electron chi connectivity index (χ2n) is 4.34. The van der Waals surface area contributed by atoms with Gasteiger partial charge in [0.25, 0.3) is 0 Å². The minimum atomic E-state index is -0.223. The summed E-state index contributed by atoms with van der Waals surface area (Å²) in [7, 11) is 1.41. The number of hydrogen-bond acceptors (Lipinski definition) is 3. The molecule has 0 spiro atoms. The molecule has 0 aliphatic heterocycles. The molecule has 1 aliphatic rings. The highest BCUT2D eigenvalue weighted by Gasteiger charge is 2.17. The van der Waals surface area contributed by atoms with Crippen molar-refractivity contribution in [3.63, 3.8) is 0 Å². The topological polar surface area (TPSA) is 57.2 Å². The predicted octanol–water partition coefficient (Wildman–Crippen LogP) is 1.39. The van der Waals surface area contributed by atoms with Crippen molar-refractivity contribution < 1.29 is 9.53 Å². The summed E-state index contributed by atoms with van der Waals surface area (Å²) < 4.78 is 6.52. The van der Waals surface area contributed by atoms with E-state index in [2.05, 4.69) is 4.74 Å². The molecule has 1 heterocycles. The molecule has 0 saturated carbocycles. The number of carbonyl (C=O) groups excluding carboxylic acids is 1. The van der Waals surface area contributed by atoms with E-state index in [1.165, 1.54) is 31.1 Å². The van der Waals surface area contributed by atoms with Crippen molar-refractivity contribution >= 4 is 5.97 Å². The third kappa shape index (κ3) is 2.27. The van der Waals surface area contributed by atoms with Crippen LogP contribution in [0.3, 0.4) is 0 Å². The van der Waals surface area contributed by atoms with Crippen molar-refractivity contribution in [3.05, 3.63) is 23.5 Å². The van der Waals surface area contributed by atoms with E-state index in [4.69, 9.17) is 5.73 Å². The van der Waals surface area contributed by atoms with Crippen LogP contribution in [0.1, 0.15) is 36.4 Å². The maximum Gasteiger partial charge on any atom is 0.325 e. The molecule has 0 amide bonds. The maximum atomic E-state index is 11.2. The van der Waals surface area contributed by atoms with Gasteiger partial charge in [0.1, 0.15) is 6.54 Å². The summed E-state index contributed by atoms with van der Waals surface area (Å²) in [6.07, 6.45) is 8.49. The Kier molecular flexibility index (Phi) is 3.29. The zero-order chi connectivity index (χ0) is 11.5. The number of aryl methyl sites for hydroxylation is 1. The molecule has 0 bridgehead atoms. The molecule has 16 heavy (non-hydrogen) atoms. The van der Waals surface area contributed by atoms with Crippen LogP contribution >= 0.6 is 0 Å². The number of nitrogens with two attached hydrogens (primary N) is 1. The molecule has 88 valence electrons. The summed E-state index contributed by atoms with van der Waals surface area (Å²) >= 11 is 0. The van der Waals surface area contributed by atoms with E-state index in [0.29, 0.717) is 0 Å². The average molecular weight is 222 g/mol. The monoisotopic (exact) mass is 222 g/mol. The Morgan fingerprint density at radius 3 is 3.12 bits per heavy atom. The lowest BCUT2D eigenvalue weighted by Gasteiger charge is -2.07. The normalized spacial score (nSPS) is 20.0. The second kappa shape index (κ2) is 4.70. The number of aromatic nitrogens is 1. The van der Waals surface area contributed by atoms with E-state index in [-0.39, 0.29) is 18.6 Å². The molecule has 4 heteroatoms. The molecule has 0 aromatic carbocycles. The first-order valence-electron chi connectivity index (χ1n) is 5.71. The van der Waals surface area contributed by atoms with Crippen LogP contribution in [0.5, 0.6) is 0 Å². The van der Waals surface area contributed by atoms with Crippen LogP contribution in [0.15, 0.2) is 12.4 Å². The van der Waals surface area contributed by atoms with Gasteiger partial charge in [-0.2, -0.15) is 0 Å². The smallest absolute Gasteiger partial charge is 0.325 e. The quantitative estimate of drug-likeness (QED) is 0.607. The van der Waals surface area contributed by atoms with Gasteiger partial charge >= 0.3 is 5.97 Å². The number of ether oxygens (including phenoxy) is 1. The molecule has 0 saturated heterocycles. The average Bonchev–Trinajstić information content (AvgIpc) is 2.59. The number of rotatable bonds is 2. The second-order valence-corrected chi connectivity index (χ2v) is 4.34. The molecule has 1 atom stereocenters. The van der Waals surface area contributed by atoms with E-state index in [9.17, 15) is 4.79 Å². The summed E-state index contributed by atoms with van der Waals surface area (Å²) in [5.41, 5.74) is 8.58. The van der Waals surface area contributed by atoms with Gasteiger partial charge in [-0.25, -0.2) is 0 Å². The van der Waals surface area contributed by atoms with E-state index in [1.807, 2.05) is 17.0 Å². The Bertz CT molecular complexity index is 384. The Balaban J connectivity index is 2.19. The molecular weight excluding hydrogens is 204 g/mol. The number of carbonyl (C=O) groups is 1. The van der Waals surface area contributed by atoms with Gasteiger partial charge in [-0.3, -0.25) is 4.79 Å². The van der Waals surface area contributed by atoms with Gasteiger partial charge in [0.15, 0.2) is 0 Å². The van der Waals surface area contributed by atoms with Gasteiger partial charge in [-0.05, 0) is 30.4 Å². The van der Waals surface area contributed by atoms with Crippen molar-refractivity contribution in [1.29, 1.82) is 0 Å². The van der Waals surface area contributed by atoms with Crippen molar-refractivity contribution in [2.75, 3.05) is 7.11 Å². The van der Waals surface area contributed by atoms with Gasteiger partial charge < -0.3 is 15.0 Å². The van der Waals surface area contributed by atoms with Crippen molar-refractivity contribution in [3.8, 4) is 0 Å². The van der Waals surface area contributed by atoms with Gasteiger partial charge in [0.2, 0.25) is 0 Å². The highest BCUT2D eigenvalue weighted by atomic mass is 16.5. The first kappa shape index (κ1) is 11.2. The molecule has 1 aromatic heterocycles. The molecule has 1 unspecified atom stereocenters. The van der Waals surface area contributed by atoms with Crippen LogP contribution in [0.25, 0.3) is 0 Å². The van der Waals surface area contributed by atoms with Gasteiger partial charge in [0.05, 0.1) is 7.11 Å². The molecule has 1 aliphatic carbocycles. The minimum Gasteiger partial charge on any atom is -0.468 e. The summed E-state index contributed by atoms with van der Waals surface area (Å²) in [6.45, 7) is 0.274. The standard InChI is InChI=1S/C12H18N2O2/c1-16-12(15)8-14-6-9-4-2-3-5-11(13)10(9)7-14/h6-7,11H,2-5,8,13H2,1H3. The predicted molar refractivity (Wildman–Crippen MR) is 60.9 cm³/mol. The lowest BCUT2D eigenvalue weighted by Crippen LogP contribution is -2.11. The largest absolute Gasteiger partial charge is 0.468 e. The zero-order valence-corrected chi connectivity index (χ0v) is 9.61. The van der Waals surface area contributed by atoms with E-state index in [1.54, 1.807) is 0 Å². The Morgan fingerprint density at radius 2 is 2.38 bits per heavy atom. The molecule has 0 radical (unpaired) electrons. The molecular formula is C12H18N2O2. The Labute approximate surface area is 95.4 Å². The first-order valence-corrected chi connectivity index (χ1v) is 5.71. The van der Waals surface area contributed by atoms with Crippen LogP contribution in [-0.4, -0.2) is 17.6 Å². The molecule has 0 fully saturated rings. The summed E-state index contributed by atoms with van der Waals surface area (Å²) in [5.74, 6) is -0.223. The lowest BCUT2D eigenvalue weighted by atomic mass is 10.1. The van der Waals surface area contributed by atoms with E-state index >= 15 is 0 Å². The molecule has 4 nitrogen and oxygen atoms in total. The van der Waals surface area contributed by atoms with E-state index in [0.717, 1.165) is 12.8 Å². The summed E-state index contributed by atoms with van der Waals surface area (Å²) in [5, 5.41) is 0. The van der Waals surface area contributed by atoms with Crippen LogP contribution in [0.4, 0.5) is 0 Å². The molecule has 1 aromatic rings. The van der Waals surface area contributed by atoms with Crippen LogP contribution in [-0.2, 0) is 22.5 Å². The van der Waals surface area contributed by atoms with Crippen molar-refractivity contribution in [2.24, 2.45) is 5.73 Å². The third-order valence-electron chi connectivity index (χ3n) is 3.15. The highest BCUT2D eigenvalue weighted by molar-refractivity contribution is 5.69. The third-order valence-corrected chi connectivity index (χ3v) is 3.15. The van der Waals surface area contributed by atoms with Gasteiger partial charge in [0, 0.05) is 18.4 Å². The van der Waals surface area contributed by atoms with Crippen molar-refractivity contribution in [2.45, 2.75) is 38.3 Å². The SMILES string of the molecule is COC(=O)Cn1cc2c(c1)C(N)CCCC2. The Morgan fingerprint density at radius 1 is 1.56 bits per heavy atom. The number of esters is 1. The van der Waals surface area contributed by atoms with E-state index < -0.39 is 0 Å². The summed E-state index contributed by atoms with van der Waals surface area (Å²) in [4.78, 5) is 11.2. The first-order chi connectivity index (χ1) is 7.70. The molecule has 2 rings (SSSR count). The fraction of sp³-hybridized carbons (Fsp3) is 0.583. The van der Waals surface area contributed by atoms with Crippen LogP contribution < -0.4 is 5.73 Å². The van der Waals surface area contributed by atoms with Crippen LogP contribution in [0.2, 0.25) is 0 Å². The summed E-state index contributed by atoms with van der Waals surface area (Å²) in [6, 6.07) is 0.122. The lowest BCUT2D eigenvalue weighted by molar-refractivity contribution is -0.141. The number of methoxy groups -OCH3 is 1.